The van der Waals surface area contributed by atoms with Crippen LogP contribution in [0.15, 0.2) is 0 Å². The Morgan fingerprint density at radius 1 is 1.08 bits per heavy atom. The van der Waals surface area contributed by atoms with E-state index in [1.165, 1.54) is 19.3 Å². The van der Waals surface area contributed by atoms with Crippen molar-refractivity contribution in [3.05, 3.63) is 0 Å². The lowest BCUT2D eigenvalue weighted by atomic mass is 9.85. The fourth-order valence-electron chi connectivity index (χ4n) is 3.13. The Morgan fingerprint density at radius 2 is 1.67 bits per heavy atom. The minimum absolute atomic E-state index is 0.814. The van der Waals surface area contributed by atoms with E-state index in [1.54, 1.807) is 0 Å². The quantitative estimate of drug-likeness (QED) is 0.599. The summed E-state index contributed by atoms with van der Waals surface area (Å²) in [5.74, 6) is 4.06. The van der Waals surface area contributed by atoms with Crippen molar-refractivity contribution in [1.82, 2.24) is 0 Å². The molecule has 2 atom stereocenters. The molecule has 0 aromatic rings. The SMILES string of the molecule is CC(C)C1CC1C1(C(C)C)CC1. The lowest BCUT2D eigenvalue weighted by Crippen LogP contribution is -2.14. The van der Waals surface area contributed by atoms with E-state index in [-0.39, 0.29) is 0 Å². The van der Waals surface area contributed by atoms with Gasteiger partial charge in [-0.15, -0.1) is 0 Å². The van der Waals surface area contributed by atoms with Crippen LogP contribution in [0.3, 0.4) is 0 Å². The maximum Gasteiger partial charge on any atom is -0.0243 e. The fraction of sp³-hybridized carbons (Fsp3) is 1.00. The molecular formula is C12H22. The molecule has 2 rings (SSSR count). The zero-order chi connectivity index (χ0) is 8.93. The first kappa shape index (κ1) is 8.59. The van der Waals surface area contributed by atoms with Gasteiger partial charge in [0.2, 0.25) is 0 Å². The molecule has 0 nitrogen and oxygen atoms in total. The van der Waals surface area contributed by atoms with Crippen molar-refractivity contribution in [3.8, 4) is 0 Å². The minimum atomic E-state index is 0.814. The molecule has 0 aromatic carbocycles. The van der Waals surface area contributed by atoms with Crippen LogP contribution in [-0.4, -0.2) is 0 Å². The van der Waals surface area contributed by atoms with E-state index in [9.17, 15) is 0 Å². The summed E-state index contributed by atoms with van der Waals surface area (Å²) in [6.45, 7) is 9.62. The Kier molecular flexibility index (Phi) is 1.79. The van der Waals surface area contributed by atoms with Crippen molar-refractivity contribution < 1.29 is 0 Å². The lowest BCUT2D eigenvalue weighted by molar-refractivity contribution is 0.282. The molecular weight excluding hydrogens is 144 g/mol. The van der Waals surface area contributed by atoms with Crippen molar-refractivity contribution in [3.63, 3.8) is 0 Å². The Bertz CT molecular complexity index is 174. The summed E-state index contributed by atoms with van der Waals surface area (Å²) in [4.78, 5) is 0. The van der Waals surface area contributed by atoms with Crippen molar-refractivity contribution in [2.75, 3.05) is 0 Å². The van der Waals surface area contributed by atoms with Gasteiger partial charge < -0.3 is 0 Å². The number of rotatable bonds is 3. The summed E-state index contributed by atoms with van der Waals surface area (Å²) in [5, 5.41) is 0. The Labute approximate surface area is 76.7 Å². The molecule has 2 aliphatic carbocycles. The third kappa shape index (κ3) is 1.11. The highest BCUT2D eigenvalue weighted by Gasteiger charge is 2.60. The van der Waals surface area contributed by atoms with Crippen LogP contribution in [0.25, 0.3) is 0 Å². The van der Waals surface area contributed by atoms with Crippen LogP contribution in [0.5, 0.6) is 0 Å². The topological polar surface area (TPSA) is 0 Å². The van der Waals surface area contributed by atoms with Crippen molar-refractivity contribution >= 4 is 0 Å². The highest BCUT2D eigenvalue weighted by Crippen LogP contribution is 2.69. The lowest BCUT2D eigenvalue weighted by Gasteiger charge is -2.20. The van der Waals surface area contributed by atoms with E-state index < -0.39 is 0 Å². The third-order valence-corrected chi connectivity index (χ3v) is 4.41. The van der Waals surface area contributed by atoms with Gasteiger partial charge in [-0.25, -0.2) is 0 Å². The van der Waals surface area contributed by atoms with Gasteiger partial charge in [0.05, 0.1) is 0 Å². The fourth-order valence-corrected chi connectivity index (χ4v) is 3.13. The van der Waals surface area contributed by atoms with Gasteiger partial charge in [-0.2, -0.15) is 0 Å². The van der Waals surface area contributed by atoms with Gasteiger partial charge in [0.1, 0.15) is 0 Å². The molecule has 0 aliphatic heterocycles. The van der Waals surface area contributed by atoms with Gasteiger partial charge >= 0.3 is 0 Å². The van der Waals surface area contributed by atoms with Gasteiger partial charge in [0.15, 0.2) is 0 Å². The molecule has 0 heteroatoms. The van der Waals surface area contributed by atoms with Gasteiger partial charge in [-0.3, -0.25) is 0 Å². The molecule has 2 saturated carbocycles. The third-order valence-electron chi connectivity index (χ3n) is 4.41. The molecule has 0 radical (unpaired) electrons. The maximum atomic E-state index is 2.42. The summed E-state index contributed by atoms with van der Waals surface area (Å²) < 4.78 is 0. The first-order valence-corrected chi connectivity index (χ1v) is 5.58. The second kappa shape index (κ2) is 2.49. The van der Waals surface area contributed by atoms with Crippen molar-refractivity contribution in [2.24, 2.45) is 29.1 Å². The molecule has 2 aliphatic rings. The van der Waals surface area contributed by atoms with Crippen molar-refractivity contribution in [1.29, 1.82) is 0 Å². The van der Waals surface area contributed by atoms with Crippen LogP contribution in [0.2, 0.25) is 0 Å². The zero-order valence-corrected chi connectivity index (χ0v) is 8.93. The molecule has 70 valence electrons. The van der Waals surface area contributed by atoms with Crippen LogP contribution >= 0.6 is 0 Å². The smallest absolute Gasteiger partial charge is 0.0243 e. The molecule has 2 unspecified atom stereocenters. The summed E-state index contributed by atoms with van der Waals surface area (Å²) >= 11 is 0. The summed E-state index contributed by atoms with van der Waals surface area (Å²) in [6.07, 6.45) is 4.59. The normalized spacial score (nSPS) is 37.5. The van der Waals surface area contributed by atoms with Crippen LogP contribution in [0, 0.1) is 29.1 Å². The predicted octanol–water partition coefficient (Wildman–Crippen LogP) is 3.71. The Hall–Kier alpha value is 0. The van der Waals surface area contributed by atoms with Crippen LogP contribution in [0.4, 0.5) is 0 Å². The number of hydrogen-bond acceptors (Lipinski definition) is 0. The first-order chi connectivity index (χ1) is 5.58. The largest absolute Gasteiger partial charge is 0.0625 e. The number of hydrogen-bond donors (Lipinski definition) is 0. The molecule has 0 bridgehead atoms. The van der Waals surface area contributed by atoms with Crippen LogP contribution in [-0.2, 0) is 0 Å². The standard InChI is InChI=1S/C12H22/c1-8(2)10-7-11(10)12(5-6-12)9(3)4/h8-11H,5-7H2,1-4H3. The van der Waals surface area contributed by atoms with Gasteiger partial charge in [-0.1, -0.05) is 27.7 Å². The second-order valence-electron chi connectivity index (χ2n) is 5.64. The van der Waals surface area contributed by atoms with E-state index in [1.807, 2.05) is 0 Å². The van der Waals surface area contributed by atoms with Crippen molar-refractivity contribution in [2.45, 2.75) is 47.0 Å². The summed E-state index contributed by atoms with van der Waals surface area (Å²) in [7, 11) is 0. The van der Waals surface area contributed by atoms with E-state index >= 15 is 0 Å². The van der Waals surface area contributed by atoms with Gasteiger partial charge in [0.25, 0.3) is 0 Å². The molecule has 0 spiro atoms. The molecule has 0 heterocycles. The second-order valence-corrected chi connectivity index (χ2v) is 5.64. The van der Waals surface area contributed by atoms with E-state index in [2.05, 4.69) is 27.7 Å². The summed E-state index contributed by atoms with van der Waals surface area (Å²) in [5.41, 5.74) is 0.814. The first-order valence-electron chi connectivity index (χ1n) is 5.58. The van der Waals surface area contributed by atoms with Crippen LogP contribution < -0.4 is 0 Å². The molecule has 2 fully saturated rings. The highest BCUT2D eigenvalue weighted by atomic mass is 14.6. The zero-order valence-electron chi connectivity index (χ0n) is 8.93. The Balaban J connectivity index is 1.96. The average Bonchev–Trinajstić information content (AvgIpc) is 2.82. The van der Waals surface area contributed by atoms with E-state index in [0.717, 1.165) is 29.1 Å². The van der Waals surface area contributed by atoms with Gasteiger partial charge in [0, 0.05) is 0 Å². The highest BCUT2D eigenvalue weighted by molar-refractivity contribution is 5.09. The van der Waals surface area contributed by atoms with Gasteiger partial charge in [-0.05, 0) is 48.3 Å². The average molecular weight is 166 g/mol. The van der Waals surface area contributed by atoms with Crippen LogP contribution in [0.1, 0.15) is 47.0 Å². The molecule has 0 amide bonds. The monoisotopic (exact) mass is 166 g/mol. The molecule has 0 aromatic heterocycles. The maximum absolute atomic E-state index is 2.42. The molecule has 0 N–H and O–H groups in total. The summed E-state index contributed by atoms with van der Waals surface area (Å²) in [6, 6.07) is 0. The van der Waals surface area contributed by atoms with E-state index in [0.29, 0.717) is 0 Å². The van der Waals surface area contributed by atoms with E-state index in [4.69, 9.17) is 0 Å². The molecule has 12 heavy (non-hydrogen) atoms. The Morgan fingerprint density at radius 3 is 1.92 bits per heavy atom. The minimum Gasteiger partial charge on any atom is -0.0625 e. The predicted molar refractivity (Wildman–Crippen MR) is 52.9 cm³/mol. The molecule has 0 saturated heterocycles.